The molecule has 9 heteroatoms. The molecule has 7 nitrogen and oxygen atoms in total. The topological polar surface area (TPSA) is 97.1 Å². The summed E-state index contributed by atoms with van der Waals surface area (Å²) in [5.74, 6) is 0. The smallest absolute Gasteiger partial charge is 0.260 e. The molecule has 0 aliphatic heterocycles. The van der Waals surface area contributed by atoms with Crippen LogP contribution in [-0.2, 0) is 17.1 Å². The maximum atomic E-state index is 12.3. The van der Waals surface area contributed by atoms with Crippen molar-refractivity contribution in [3.63, 3.8) is 0 Å². The molecule has 1 heterocycles. The molecule has 0 atom stereocenters. The lowest BCUT2D eigenvalue weighted by molar-refractivity contribution is 0.0303. The lowest BCUT2D eigenvalue weighted by Crippen LogP contribution is -2.43. The molecule has 0 aromatic carbocycles. The molecule has 0 amide bonds. The lowest BCUT2D eigenvalue weighted by Gasteiger charge is -2.26. The van der Waals surface area contributed by atoms with Crippen LogP contribution in [-0.4, -0.2) is 40.7 Å². The van der Waals surface area contributed by atoms with E-state index in [-0.39, 0.29) is 16.2 Å². The third kappa shape index (κ3) is 3.57. The quantitative estimate of drug-likeness (QED) is 0.772. The highest BCUT2D eigenvalue weighted by Gasteiger charge is 2.31. The van der Waals surface area contributed by atoms with Crippen molar-refractivity contribution < 1.29 is 13.5 Å². The number of aromatic nitrogens is 3. The molecule has 0 bridgehead atoms. The second kappa shape index (κ2) is 6.08. The van der Waals surface area contributed by atoms with Crippen LogP contribution in [0.2, 0.25) is 0 Å². The zero-order valence-corrected chi connectivity index (χ0v) is 13.7. The first kappa shape index (κ1) is 15.9. The molecular formula is C11H19BrN4O3S. The Morgan fingerprint density at radius 2 is 1.95 bits per heavy atom. The van der Waals surface area contributed by atoms with Gasteiger partial charge in [-0.2, -0.15) is 0 Å². The molecule has 1 saturated carbocycles. The second-order valence-electron chi connectivity index (χ2n) is 5.27. The Labute approximate surface area is 126 Å². The van der Waals surface area contributed by atoms with Gasteiger partial charge in [0.15, 0.2) is 4.60 Å². The molecule has 1 aromatic heterocycles. The fourth-order valence-corrected chi connectivity index (χ4v) is 4.68. The minimum Gasteiger partial charge on any atom is -0.389 e. The molecule has 1 aromatic rings. The molecule has 1 aliphatic rings. The Hall–Kier alpha value is -0.510. The number of hydrogen-bond acceptors (Lipinski definition) is 5. The molecule has 0 radical (unpaired) electrons. The Morgan fingerprint density at radius 1 is 1.35 bits per heavy atom. The predicted octanol–water partition coefficient (Wildman–Crippen LogP) is 0.941. The first-order valence-corrected chi connectivity index (χ1v) is 8.89. The number of aryl methyl sites for hydroxylation is 1. The van der Waals surface area contributed by atoms with E-state index in [0.29, 0.717) is 12.8 Å². The van der Waals surface area contributed by atoms with Crippen molar-refractivity contribution in [1.29, 1.82) is 0 Å². The first-order valence-electron chi connectivity index (χ1n) is 6.61. The van der Waals surface area contributed by atoms with Gasteiger partial charge < -0.3 is 5.11 Å². The molecule has 114 valence electrons. The second-order valence-corrected chi connectivity index (χ2v) is 7.71. The third-order valence-electron chi connectivity index (χ3n) is 3.62. The summed E-state index contributed by atoms with van der Waals surface area (Å²) in [5, 5.41) is 17.7. The summed E-state index contributed by atoms with van der Waals surface area (Å²) < 4.78 is 28.3. The van der Waals surface area contributed by atoms with Crippen LogP contribution in [0.25, 0.3) is 0 Å². The fraction of sp³-hybridized carbons (Fsp3) is 0.818. The van der Waals surface area contributed by atoms with Crippen LogP contribution in [0.15, 0.2) is 9.63 Å². The number of nitrogens with one attached hydrogen (secondary N) is 1. The normalized spacial score (nSPS) is 19.8. The highest BCUT2D eigenvalue weighted by atomic mass is 79.9. The van der Waals surface area contributed by atoms with Crippen LogP contribution >= 0.6 is 15.9 Å². The maximum absolute atomic E-state index is 12.3. The average Bonchev–Trinajstić information content (AvgIpc) is 2.60. The molecule has 20 heavy (non-hydrogen) atoms. The number of aliphatic hydroxyl groups is 1. The number of halogens is 1. The minimum absolute atomic E-state index is 0.0208. The van der Waals surface area contributed by atoms with Crippen molar-refractivity contribution in [3.8, 4) is 0 Å². The van der Waals surface area contributed by atoms with Crippen molar-refractivity contribution >= 4 is 26.0 Å². The monoisotopic (exact) mass is 366 g/mol. The van der Waals surface area contributed by atoms with Crippen LogP contribution < -0.4 is 4.72 Å². The Morgan fingerprint density at radius 3 is 2.45 bits per heavy atom. The van der Waals surface area contributed by atoms with Crippen LogP contribution in [0.5, 0.6) is 0 Å². The van der Waals surface area contributed by atoms with Gasteiger partial charge in [-0.05, 0) is 28.8 Å². The standard InChI is InChI=1S/C11H19BrN4O3S/c1-16-10(9(12)14-15-16)20(18,19)13-8-11(17)6-4-2-3-5-7-11/h13,17H,2-8H2,1H3. The summed E-state index contributed by atoms with van der Waals surface area (Å²) in [6.45, 7) is 0.0208. The molecule has 0 unspecified atom stereocenters. The van der Waals surface area contributed by atoms with E-state index < -0.39 is 15.6 Å². The van der Waals surface area contributed by atoms with Crippen molar-refractivity contribution in [2.24, 2.45) is 7.05 Å². The van der Waals surface area contributed by atoms with E-state index in [1.165, 1.54) is 11.7 Å². The number of sulfonamides is 1. The molecule has 2 N–H and O–H groups in total. The highest BCUT2D eigenvalue weighted by Crippen LogP contribution is 2.27. The zero-order valence-electron chi connectivity index (χ0n) is 11.3. The molecule has 0 spiro atoms. The van der Waals surface area contributed by atoms with Gasteiger partial charge in [0, 0.05) is 13.6 Å². The van der Waals surface area contributed by atoms with Crippen LogP contribution in [0.1, 0.15) is 38.5 Å². The van der Waals surface area contributed by atoms with E-state index in [1.54, 1.807) is 0 Å². The van der Waals surface area contributed by atoms with Gasteiger partial charge in [-0.1, -0.05) is 30.9 Å². The predicted molar refractivity (Wildman–Crippen MR) is 76.5 cm³/mol. The van der Waals surface area contributed by atoms with Gasteiger partial charge >= 0.3 is 0 Å². The van der Waals surface area contributed by atoms with Gasteiger partial charge in [0.05, 0.1) is 5.60 Å². The Kier molecular flexibility index (Phi) is 4.83. The van der Waals surface area contributed by atoms with E-state index in [1.807, 2.05) is 0 Å². The number of nitrogens with zero attached hydrogens (tertiary/aromatic N) is 3. The summed E-state index contributed by atoms with van der Waals surface area (Å²) >= 11 is 3.07. The largest absolute Gasteiger partial charge is 0.389 e. The van der Waals surface area contributed by atoms with Gasteiger partial charge in [0.1, 0.15) is 0 Å². The van der Waals surface area contributed by atoms with Crippen molar-refractivity contribution in [2.75, 3.05) is 6.54 Å². The third-order valence-corrected chi connectivity index (χ3v) is 5.90. The van der Waals surface area contributed by atoms with Gasteiger partial charge in [-0.25, -0.2) is 17.8 Å². The summed E-state index contributed by atoms with van der Waals surface area (Å²) in [5.41, 5.74) is -0.956. The van der Waals surface area contributed by atoms with Crippen molar-refractivity contribution in [3.05, 3.63) is 4.60 Å². The Balaban J connectivity index is 2.09. The van der Waals surface area contributed by atoms with Gasteiger partial charge in [-0.15, -0.1) is 5.10 Å². The number of rotatable bonds is 4. The van der Waals surface area contributed by atoms with E-state index in [2.05, 4.69) is 31.0 Å². The van der Waals surface area contributed by atoms with Gasteiger partial charge in [-0.3, -0.25) is 0 Å². The minimum atomic E-state index is -3.75. The summed E-state index contributed by atoms with van der Waals surface area (Å²) in [6.07, 6.45) is 5.28. The van der Waals surface area contributed by atoms with E-state index >= 15 is 0 Å². The van der Waals surface area contributed by atoms with Crippen LogP contribution in [0.4, 0.5) is 0 Å². The van der Waals surface area contributed by atoms with Gasteiger partial charge in [0.2, 0.25) is 5.03 Å². The van der Waals surface area contributed by atoms with Gasteiger partial charge in [0.25, 0.3) is 10.0 Å². The van der Waals surface area contributed by atoms with Crippen LogP contribution in [0.3, 0.4) is 0 Å². The Bertz CT molecular complexity index is 545. The molecular weight excluding hydrogens is 348 g/mol. The SMILES string of the molecule is Cn1nnc(Br)c1S(=O)(=O)NCC1(O)CCCCCC1. The maximum Gasteiger partial charge on any atom is 0.260 e. The highest BCUT2D eigenvalue weighted by molar-refractivity contribution is 9.10. The molecule has 1 aliphatic carbocycles. The molecule has 0 saturated heterocycles. The van der Waals surface area contributed by atoms with Crippen molar-refractivity contribution in [1.82, 2.24) is 19.7 Å². The fourth-order valence-electron chi connectivity index (χ4n) is 2.47. The average molecular weight is 367 g/mol. The molecule has 2 rings (SSSR count). The first-order chi connectivity index (χ1) is 9.34. The molecule has 1 fully saturated rings. The van der Waals surface area contributed by atoms with E-state index in [4.69, 9.17) is 0 Å². The lowest BCUT2D eigenvalue weighted by atomic mass is 9.95. The van der Waals surface area contributed by atoms with E-state index in [0.717, 1.165) is 25.7 Å². The summed E-state index contributed by atoms with van der Waals surface area (Å²) in [7, 11) is -2.24. The van der Waals surface area contributed by atoms with Crippen molar-refractivity contribution in [2.45, 2.75) is 49.2 Å². The van der Waals surface area contributed by atoms with Crippen LogP contribution in [0, 0.1) is 0 Å². The number of hydrogen-bond donors (Lipinski definition) is 2. The summed E-state index contributed by atoms with van der Waals surface area (Å²) in [6, 6.07) is 0. The summed E-state index contributed by atoms with van der Waals surface area (Å²) in [4.78, 5) is 0. The van der Waals surface area contributed by atoms with E-state index in [9.17, 15) is 13.5 Å². The zero-order chi connectivity index (χ0) is 14.8.